The Morgan fingerprint density at radius 3 is 2.21 bits per heavy atom. The SMILES string of the molecule is CCCC[C@@H](CC(=O)O)NC(=O)C1(NC(=O)OCC2c3ccccc3-c3ccccc32)CC1. The van der Waals surface area contributed by atoms with E-state index in [1.807, 2.05) is 31.2 Å². The number of nitrogens with one attached hydrogen (secondary N) is 2. The molecule has 7 heteroatoms. The van der Waals surface area contributed by atoms with Gasteiger partial charge in [0.15, 0.2) is 0 Å². The van der Waals surface area contributed by atoms with E-state index in [1.165, 1.54) is 0 Å². The molecule has 1 atom stereocenters. The molecule has 1 fully saturated rings. The normalized spacial score (nSPS) is 16.3. The van der Waals surface area contributed by atoms with E-state index < -0.39 is 23.6 Å². The first-order valence-corrected chi connectivity index (χ1v) is 11.6. The van der Waals surface area contributed by atoms with Crippen molar-refractivity contribution in [3.8, 4) is 11.1 Å². The van der Waals surface area contributed by atoms with Crippen LogP contribution in [0.3, 0.4) is 0 Å². The number of carbonyl (C=O) groups is 3. The molecule has 0 unspecified atom stereocenters. The van der Waals surface area contributed by atoms with E-state index in [0.29, 0.717) is 19.3 Å². The Bertz CT molecular complexity index is 1000. The molecule has 0 bridgehead atoms. The topological polar surface area (TPSA) is 105 Å². The summed E-state index contributed by atoms with van der Waals surface area (Å²) < 4.78 is 5.58. The molecule has 2 aromatic rings. The highest BCUT2D eigenvalue weighted by molar-refractivity contribution is 5.93. The van der Waals surface area contributed by atoms with E-state index in [4.69, 9.17) is 9.84 Å². The Balaban J connectivity index is 1.36. The number of benzene rings is 2. The number of carboxylic acids is 1. The fourth-order valence-electron chi connectivity index (χ4n) is 4.57. The zero-order valence-corrected chi connectivity index (χ0v) is 18.8. The van der Waals surface area contributed by atoms with Crippen LogP contribution in [0.15, 0.2) is 48.5 Å². The molecule has 7 nitrogen and oxygen atoms in total. The maximum Gasteiger partial charge on any atom is 0.408 e. The first-order chi connectivity index (χ1) is 15.9. The molecule has 0 heterocycles. The van der Waals surface area contributed by atoms with Crippen molar-refractivity contribution < 1.29 is 24.2 Å². The van der Waals surface area contributed by atoms with Crippen LogP contribution >= 0.6 is 0 Å². The van der Waals surface area contributed by atoms with Gasteiger partial charge in [-0.05, 0) is 41.5 Å². The molecule has 0 radical (unpaired) electrons. The molecule has 2 aliphatic rings. The summed E-state index contributed by atoms with van der Waals surface area (Å²) in [7, 11) is 0. The highest BCUT2D eigenvalue weighted by Crippen LogP contribution is 2.44. The van der Waals surface area contributed by atoms with Gasteiger partial charge >= 0.3 is 12.1 Å². The number of ether oxygens (including phenoxy) is 1. The Hall–Kier alpha value is -3.35. The summed E-state index contributed by atoms with van der Waals surface area (Å²) in [6.07, 6.45) is 2.59. The monoisotopic (exact) mass is 450 g/mol. The molecular weight excluding hydrogens is 420 g/mol. The molecule has 33 heavy (non-hydrogen) atoms. The zero-order chi connectivity index (χ0) is 23.4. The standard InChI is InChI=1S/C26H30N2O5/c1-2-3-8-17(15-23(29)30)27-24(31)26(13-14-26)28-25(32)33-16-22-20-11-6-4-9-18(20)19-10-5-7-12-21(19)22/h4-7,9-12,17,22H,2-3,8,13-16H2,1H3,(H,27,31)(H,28,32)(H,29,30)/t17-/m0/s1. The highest BCUT2D eigenvalue weighted by atomic mass is 16.5. The van der Waals surface area contributed by atoms with E-state index in [0.717, 1.165) is 35.1 Å². The van der Waals surface area contributed by atoms with E-state index in [9.17, 15) is 14.4 Å². The molecule has 2 amide bonds. The van der Waals surface area contributed by atoms with Gasteiger partial charge in [-0.15, -0.1) is 0 Å². The van der Waals surface area contributed by atoms with Gasteiger partial charge in [0.05, 0.1) is 6.42 Å². The summed E-state index contributed by atoms with van der Waals surface area (Å²) in [5.74, 6) is -1.34. The number of amides is 2. The number of carboxylic acid groups (broad SMARTS) is 1. The van der Waals surface area contributed by atoms with Gasteiger partial charge in [-0.3, -0.25) is 9.59 Å². The number of hydrogen-bond donors (Lipinski definition) is 3. The molecule has 0 spiro atoms. The molecule has 2 aromatic carbocycles. The molecule has 174 valence electrons. The van der Waals surface area contributed by atoms with Crippen molar-refractivity contribution in [2.24, 2.45) is 0 Å². The number of carbonyl (C=O) groups excluding carboxylic acids is 2. The second-order valence-electron chi connectivity index (χ2n) is 8.94. The highest BCUT2D eigenvalue weighted by Gasteiger charge is 2.52. The minimum atomic E-state index is -1.01. The third-order valence-corrected chi connectivity index (χ3v) is 6.53. The van der Waals surface area contributed by atoms with E-state index in [2.05, 4.69) is 34.9 Å². The molecule has 4 rings (SSSR count). The molecule has 2 aliphatic carbocycles. The maximum atomic E-state index is 12.8. The number of unbranched alkanes of at least 4 members (excludes halogenated alkanes) is 1. The van der Waals surface area contributed by atoms with Crippen LogP contribution < -0.4 is 10.6 Å². The van der Waals surface area contributed by atoms with Gasteiger partial charge in [-0.1, -0.05) is 68.3 Å². The largest absolute Gasteiger partial charge is 0.481 e. The van der Waals surface area contributed by atoms with Crippen molar-refractivity contribution in [2.45, 2.75) is 62.9 Å². The minimum absolute atomic E-state index is 0.0545. The Morgan fingerprint density at radius 1 is 1.06 bits per heavy atom. The molecule has 0 saturated heterocycles. The quantitative estimate of drug-likeness (QED) is 0.503. The van der Waals surface area contributed by atoms with Crippen molar-refractivity contribution in [2.75, 3.05) is 6.61 Å². The third-order valence-electron chi connectivity index (χ3n) is 6.53. The lowest BCUT2D eigenvalue weighted by molar-refractivity contribution is -0.137. The van der Waals surface area contributed by atoms with Crippen LogP contribution in [-0.4, -0.2) is 41.3 Å². The summed E-state index contributed by atoms with van der Waals surface area (Å²) in [6.45, 7) is 2.19. The van der Waals surface area contributed by atoms with Crippen LogP contribution in [0.2, 0.25) is 0 Å². The van der Waals surface area contributed by atoms with Crippen LogP contribution in [0.4, 0.5) is 4.79 Å². The predicted molar refractivity (Wildman–Crippen MR) is 124 cm³/mol. The van der Waals surface area contributed by atoms with Crippen LogP contribution in [0.1, 0.15) is 62.5 Å². The summed E-state index contributed by atoms with van der Waals surface area (Å²) >= 11 is 0. The van der Waals surface area contributed by atoms with Crippen LogP contribution in [0, 0.1) is 0 Å². The van der Waals surface area contributed by atoms with Crippen molar-refractivity contribution in [3.05, 3.63) is 59.7 Å². The number of aliphatic carboxylic acids is 1. The predicted octanol–water partition coefficient (Wildman–Crippen LogP) is 4.21. The van der Waals surface area contributed by atoms with Gasteiger partial charge in [0.25, 0.3) is 0 Å². The first kappa shape index (κ1) is 22.8. The Kier molecular flexibility index (Phi) is 6.67. The van der Waals surface area contributed by atoms with E-state index in [-0.39, 0.29) is 24.9 Å². The van der Waals surface area contributed by atoms with Gasteiger partial charge < -0.3 is 20.5 Å². The van der Waals surface area contributed by atoms with Crippen molar-refractivity contribution in [3.63, 3.8) is 0 Å². The lowest BCUT2D eigenvalue weighted by atomic mass is 9.98. The zero-order valence-electron chi connectivity index (χ0n) is 18.8. The smallest absolute Gasteiger partial charge is 0.408 e. The second kappa shape index (κ2) is 9.65. The number of alkyl carbamates (subject to hydrolysis) is 1. The minimum Gasteiger partial charge on any atom is -0.481 e. The Morgan fingerprint density at radius 2 is 1.67 bits per heavy atom. The van der Waals surface area contributed by atoms with Gasteiger partial charge in [0, 0.05) is 12.0 Å². The fourth-order valence-corrected chi connectivity index (χ4v) is 4.57. The Labute approximate surface area is 193 Å². The van der Waals surface area contributed by atoms with Gasteiger partial charge in [-0.25, -0.2) is 4.79 Å². The first-order valence-electron chi connectivity index (χ1n) is 11.6. The molecule has 0 aliphatic heterocycles. The fraction of sp³-hybridized carbons (Fsp3) is 0.423. The summed E-state index contributed by atoms with van der Waals surface area (Å²) in [6, 6.07) is 15.8. The van der Waals surface area contributed by atoms with Crippen LogP contribution in [-0.2, 0) is 14.3 Å². The lowest BCUT2D eigenvalue weighted by Gasteiger charge is -2.22. The van der Waals surface area contributed by atoms with Crippen LogP contribution in [0.5, 0.6) is 0 Å². The number of fused-ring (bicyclic) bond motifs is 3. The third kappa shape index (κ3) is 5.02. The van der Waals surface area contributed by atoms with Crippen molar-refractivity contribution in [1.29, 1.82) is 0 Å². The lowest BCUT2D eigenvalue weighted by Crippen LogP contribution is -2.52. The average Bonchev–Trinajstić information content (AvgIpc) is 3.51. The van der Waals surface area contributed by atoms with Gasteiger partial charge in [0.1, 0.15) is 12.1 Å². The van der Waals surface area contributed by atoms with E-state index >= 15 is 0 Å². The second-order valence-corrected chi connectivity index (χ2v) is 8.94. The molecule has 0 aromatic heterocycles. The van der Waals surface area contributed by atoms with Gasteiger partial charge in [-0.2, -0.15) is 0 Å². The average molecular weight is 451 g/mol. The maximum absolute atomic E-state index is 12.8. The summed E-state index contributed by atoms with van der Waals surface area (Å²) in [5, 5.41) is 14.7. The van der Waals surface area contributed by atoms with E-state index in [1.54, 1.807) is 0 Å². The number of hydrogen-bond acceptors (Lipinski definition) is 4. The summed E-state index contributed by atoms with van der Waals surface area (Å²) in [5.41, 5.74) is 3.54. The molecular formula is C26H30N2O5. The number of rotatable bonds is 10. The van der Waals surface area contributed by atoms with Crippen molar-refractivity contribution >= 4 is 18.0 Å². The van der Waals surface area contributed by atoms with Crippen molar-refractivity contribution in [1.82, 2.24) is 10.6 Å². The van der Waals surface area contributed by atoms with Gasteiger partial charge in [0.2, 0.25) is 5.91 Å². The summed E-state index contributed by atoms with van der Waals surface area (Å²) in [4.78, 5) is 36.6. The molecule has 3 N–H and O–H groups in total. The van der Waals surface area contributed by atoms with Crippen LogP contribution in [0.25, 0.3) is 11.1 Å². The molecule has 1 saturated carbocycles.